The maximum Gasteiger partial charge on any atom is 0.122 e. The highest BCUT2D eigenvalue weighted by molar-refractivity contribution is 5.28. The lowest BCUT2D eigenvalue weighted by Gasteiger charge is -2.22. The first kappa shape index (κ1) is 13.5. The normalized spacial score (nSPS) is 13.8. The number of rotatable bonds is 5. The topological polar surface area (TPSA) is 53.6 Å². The van der Waals surface area contributed by atoms with E-state index >= 15 is 0 Å². The summed E-state index contributed by atoms with van der Waals surface area (Å²) in [7, 11) is 0. The molecule has 4 heteroatoms. The van der Waals surface area contributed by atoms with Crippen molar-refractivity contribution in [3.05, 3.63) is 84.2 Å². The molecular formula is C17H18N4. The van der Waals surface area contributed by atoms with E-state index in [1.165, 1.54) is 5.56 Å². The van der Waals surface area contributed by atoms with Crippen LogP contribution in [-0.4, -0.2) is 15.0 Å². The first-order valence-corrected chi connectivity index (χ1v) is 7.06. The molecule has 21 heavy (non-hydrogen) atoms. The third-order valence-corrected chi connectivity index (χ3v) is 3.46. The molecule has 4 nitrogen and oxygen atoms in total. The molecule has 0 fully saturated rings. The molecule has 0 radical (unpaired) electrons. The zero-order valence-corrected chi connectivity index (χ0v) is 11.9. The Hall–Kier alpha value is -2.46. The van der Waals surface area contributed by atoms with Gasteiger partial charge in [0.2, 0.25) is 0 Å². The van der Waals surface area contributed by atoms with Gasteiger partial charge in [0.1, 0.15) is 5.82 Å². The summed E-state index contributed by atoms with van der Waals surface area (Å²) in [5, 5.41) is 3.60. The second-order valence-corrected chi connectivity index (χ2v) is 4.96. The monoisotopic (exact) mass is 278 g/mol. The predicted molar refractivity (Wildman–Crippen MR) is 82.7 cm³/mol. The molecule has 0 aliphatic rings. The summed E-state index contributed by atoms with van der Waals surface area (Å²) in [6, 6.07) is 16.5. The number of aromatic nitrogens is 3. The van der Waals surface area contributed by atoms with Gasteiger partial charge in [0, 0.05) is 18.6 Å². The van der Waals surface area contributed by atoms with Crippen molar-refractivity contribution in [2.75, 3.05) is 0 Å². The van der Waals surface area contributed by atoms with E-state index in [2.05, 4.69) is 39.3 Å². The van der Waals surface area contributed by atoms with Crippen molar-refractivity contribution in [3.8, 4) is 0 Å². The fourth-order valence-corrected chi connectivity index (χ4v) is 2.39. The minimum Gasteiger partial charge on any atom is -0.347 e. The Kier molecular flexibility index (Phi) is 4.07. The molecule has 0 spiro atoms. The van der Waals surface area contributed by atoms with Crippen molar-refractivity contribution < 1.29 is 0 Å². The lowest BCUT2D eigenvalue weighted by Crippen LogP contribution is -2.27. The average molecular weight is 278 g/mol. The molecule has 1 aromatic carbocycles. The van der Waals surface area contributed by atoms with Crippen LogP contribution in [-0.2, 0) is 0 Å². The molecule has 2 heterocycles. The Morgan fingerprint density at radius 2 is 1.76 bits per heavy atom. The summed E-state index contributed by atoms with van der Waals surface area (Å²) in [6.07, 6.45) is 5.43. The van der Waals surface area contributed by atoms with Crippen molar-refractivity contribution >= 4 is 0 Å². The third kappa shape index (κ3) is 3.17. The van der Waals surface area contributed by atoms with Gasteiger partial charge in [-0.05, 0) is 24.6 Å². The Morgan fingerprint density at radius 3 is 2.43 bits per heavy atom. The van der Waals surface area contributed by atoms with Crippen LogP contribution < -0.4 is 5.32 Å². The maximum atomic E-state index is 4.50. The standard InChI is InChI=1S/C17H18N4/c1-13(17-19-11-12-20-17)21-16(14-7-3-2-4-8-14)15-9-5-6-10-18-15/h2-13,16,21H,1H3,(H,19,20). The molecule has 2 aromatic heterocycles. The fraction of sp³-hybridized carbons (Fsp3) is 0.176. The highest BCUT2D eigenvalue weighted by Gasteiger charge is 2.19. The van der Waals surface area contributed by atoms with E-state index in [1.807, 2.05) is 48.8 Å². The summed E-state index contributed by atoms with van der Waals surface area (Å²) in [4.78, 5) is 12.0. The van der Waals surface area contributed by atoms with Gasteiger partial charge >= 0.3 is 0 Å². The van der Waals surface area contributed by atoms with Gasteiger partial charge in [0.05, 0.1) is 17.8 Å². The molecule has 0 saturated carbocycles. The van der Waals surface area contributed by atoms with Crippen LogP contribution in [0, 0.1) is 0 Å². The van der Waals surface area contributed by atoms with Crippen molar-refractivity contribution in [3.63, 3.8) is 0 Å². The predicted octanol–water partition coefficient (Wildman–Crippen LogP) is 3.24. The molecular weight excluding hydrogens is 260 g/mol. The lowest BCUT2D eigenvalue weighted by atomic mass is 10.0. The summed E-state index contributed by atoms with van der Waals surface area (Å²) < 4.78 is 0. The molecule has 0 aliphatic carbocycles. The molecule has 2 unspecified atom stereocenters. The zero-order valence-electron chi connectivity index (χ0n) is 11.9. The van der Waals surface area contributed by atoms with E-state index in [0.29, 0.717) is 0 Å². The maximum absolute atomic E-state index is 4.50. The molecule has 3 rings (SSSR count). The highest BCUT2D eigenvalue weighted by atomic mass is 15.0. The number of benzene rings is 1. The van der Waals surface area contributed by atoms with Gasteiger partial charge in [0.15, 0.2) is 0 Å². The van der Waals surface area contributed by atoms with E-state index < -0.39 is 0 Å². The second-order valence-electron chi connectivity index (χ2n) is 4.96. The Balaban J connectivity index is 1.90. The summed E-state index contributed by atoms with van der Waals surface area (Å²) in [5.74, 6) is 0.923. The SMILES string of the molecule is CC(NC(c1ccccc1)c1ccccn1)c1ncc[nH]1. The molecule has 0 aliphatic heterocycles. The van der Waals surface area contributed by atoms with E-state index in [0.717, 1.165) is 11.5 Å². The Bertz CT molecular complexity index is 610. The molecule has 0 bridgehead atoms. The number of nitrogens with zero attached hydrogens (tertiary/aromatic N) is 2. The van der Waals surface area contributed by atoms with Crippen LogP contribution in [0.1, 0.15) is 36.1 Å². The number of hydrogen-bond donors (Lipinski definition) is 2. The average Bonchev–Trinajstić information content (AvgIpc) is 3.09. The smallest absolute Gasteiger partial charge is 0.122 e. The number of hydrogen-bond acceptors (Lipinski definition) is 3. The quantitative estimate of drug-likeness (QED) is 0.753. The second kappa shape index (κ2) is 6.33. The van der Waals surface area contributed by atoms with Gasteiger partial charge in [-0.1, -0.05) is 36.4 Å². The van der Waals surface area contributed by atoms with E-state index in [-0.39, 0.29) is 12.1 Å². The Labute approximate surface area is 124 Å². The minimum atomic E-state index is 0.0347. The zero-order chi connectivity index (χ0) is 14.5. The first-order chi connectivity index (χ1) is 10.3. The van der Waals surface area contributed by atoms with Gasteiger partial charge in [-0.25, -0.2) is 4.98 Å². The number of pyridine rings is 1. The van der Waals surface area contributed by atoms with Gasteiger partial charge in [-0.2, -0.15) is 0 Å². The van der Waals surface area contributed by atoms with Crippen LogP contribution in [0.2, 0.25) is 0 Å². The molecule has 106 valence electrons. The number of imidazole rings is 1. The van der Waals surface area contributed by atoms with Gasteiger partial charge in [-0.15, -0.1) is 0 Å². The summed E-state index contributed by atoms with van der Waals surface area (Å²) >= 11 is 0. The van der Waals surface area contributed by atoms with Crippen LogP contribution in [0.3, 0.4) is 0 Å². The molecule has 2 N–H and O–H groups in total. The van der Waals surface area contributed by atoms with Gasteiger partial charge in [0.25, 0.3) is 0 Å². The van der Waals surface area contributed by atoms with Crippen LogP contribution in [0.25, 0.3) is 0 Å². The number of nitrogens with one attached hydrogen (secondary N) is 2. The van der Waals surface area contributed by atoms with Crippen molar-refractivity contribution in [2.45, 2.75) is 19.0 Å². The van der Waals surface area contributed by atoms with Crippen molar-refractivity contribution in [1.29, 1.82) is 0 Å². The summed E-state index contributed by atoms with van der Waals surface area (Å²) in [6.45, 7) is 2.09. The highest BCUT2D eigenvalue weighted by Crippen LogP contribution is 2.23. The van der Waals surface area contributed by atoms with E-state index in [9.17, 15) is 0 Å². The largest absolute Gasteiger partial charge is 0.347 e. The van der Waals surface area contributed by atoms with E-state index in [1.54, 1.807) is 6.20 Å². The summed E-state index contributed by atoms with van der Waals surface area (Å²) in [5.41, 5.74) is 2.19. The van der Waals surface area contributed by atoms with Crippen LogP contribution in [0.5, 0.6) is 0 Å². The first-order valence-electron chi connectivity index (χ1n) is 7.06. The van der Waals surface area contributed by atoms with Gasteiger partial charge < -0.3 is 4.98 Å². The van der Waals surface area contributed by atoms with Crippen LogP contribution >= 0.6 is 0 Å². The number of aromatic amines is 1. The Morgan fingerprint density at radius 1 is 0.952 bits per heavy atom. The van der Waals surface area contributed by atoms with Gasteiger partial charge in [-0.3, -0.25) is 10.3 Å². The molecule has 0 amide bonds. The van der Waals surface area contributed by atoms with Crippen LogP contribution in [0.4, 0.5) is 0 Å². The van der Waals surface area contributed by atoms with Crippen molar-refractivity contribution in [1.82, 2.24) is 20.3 Å². The molecule has 2 atom stereocenters. The molecule has 0 saturated heterocycles. The van der Waals surface area contributed by atoms with E-state index in [4.69, 9.17) is 0 Å². The van der Waals surface area contributed by atoms with Crippen molar-refractivity contribution in [2.24, 2.45) is 0 Å². The molecule has 3 aromatic rings. The third-order valence-electron chi connectivity index (χ3n) is 3.46. The minimum absolute atomic E-state index is 0.0347. The number of H-pyrrole nitrogens is 1. The lowest BCUT2D eigenvalue weighted by molar-refractivity contribution is 0.492. The fourth-order valence-electron chi connectivity index (χ4n) is 2.39. The van der Waals surface area contributed by atoms with Crippen LogP contribution in [0.15, 0.2) is 67.1 Å².